The van der Waals surface area contributed by atoms with Crippen LogP contribution in [0.3, 0.4) is 0 Å². The van der Waals surface area contributed by atoms with E-state index in [0.29, 0.717) is 0 Å². The Morgan fingerprint density at radius 3 is 2.21 bits per heavy atom. The van der Waals surface area contributed by atoms with Crippen molar-refractivity contribution in [1.29, 1.82) is 0 Å². The normalized spacial score (nSPS) is 16.5. The molecular weight excluding hydrogens is 320 g/mol. The standard InChI is InChI=1S/C14H8N4O6/c19-4-2-6(21)15-10-7(4)3-1-5(20)16-12(22)8(3)11-9(10)13(23)18-14(24)17-11/h1-2H2,(H,15,21)(H,16,20,22)(H2,17,18,23,24). The summed E-state index contributed by atoms with van der Waals surface area (Å²) in [5.74, 6) is -2.66. The lowest BCUT2D eigenvalue weighted by Crippen LogP contribution is -2.40. The summed E-state index contributed by atoms with van der Waals surface area (Å²) in [6.07, 6.45) is -0.738. The summed E-state index contributed by atoms with van der Waals surface area (Å²) in [4.78, 5) is 76.1. The van der Waals surface area contributed by atoms with Crippen molar-refractivity contribution in [2.45, 2.75) is 12.8 Å². The number of ketones is 1. The molecule has 0 fully saturated rings. The lowest BCUT2D eigenvalue weighted by Gasteiger charge is -2.25. The molecule has 0 aliphatic carbocycles. The van der Waals surface area contributed by atoms with Gasteiger partial charge in [-0.15, -0.1) is 0 Å². The fourth-order valence-electron chi connectivity index (χ4n) is 3.14. The Kier molecular flexibility index (Phi) is 2.62. The van der Waals surface area contributed by atoms with Gasteiger partial charge in [0, 0.05) is 5.56 Å². The van der Waals surface area contributed by atoms with Crippen LogP contribution in [0.25, 0.3) is 10.9 Å². The summed E-state index contributed by atoms with van der Waals surface area (Å²) in [6.45, 7) is 0. The molecule has 0 radical (unpaired) electrons. The topological polar surface area (TPSA) is 158 Å². The second kappa shape index (κ2) is 4.47. The third kappa shape index (κ3) is 1.76. The molecule has 0 spiro atoms. The van der Waals surface area contributed by atoms with Gasteiger partial charge in [-0.25, -0.2) is 4.79 Å². The summed E-state index contributed by atoms with van der Waals surface area (Å²) < 4.78 is 0. The van der Waals surface area contributed by atoms with Crippen LogP contribution in [0.2, 0.25) is 0 Å². The van der Waals surface area contributed by atoms with Crippen LogP contribution in [0.15, 0.2) is 9.59 Å². The summed E-state index contributed by atoms with van der Waals surface area (Å²) in [5.41, 5.74) is -1.99. The van der Waals surface area contributed by atoms with Crippen molar-refractivity contribution >= 4 is 40.1 Å². The SMILES string of the molecule is O=C1Cc2c3c(c4c(=O)[nH]c(=O)[nH]c4c2C(=O)N1)NC(=O)CC3=O. The van der Waals surface area contributed by atoms with Crippen LogP contribution >= 0.6 is 0 Å². The quantitative estimate of drug-likeness (QED) is 0.342. The fraction of sp³-hybridized carbons (Fsp3) is 0.143. The van der Waals surface area contributed by atoms with Gasteiger partial charge in [-0.2, -0.15) is 0 Å². The van der Waals surface area contributed by atoms with Gasteiger partial charge < -0.3 is 10.3 Å². The highest BCUT2D eigenvalue weighted by Gasteiger charge is 2.36. The number of H-pyrrole nitrogens is 2. The molecule has 24 heavy (non-hydrogen) atoms. The molecule has 2 aliphatic heterocycles. The van der Waals surface area contributed by atoms with E-state index in [1.165, 1.54) is 0 Å². The molecule has 0 unspecified atom stereocenters. The number of benzene rings is 1. The average molecular weight is 328 g/mol. The highest BCUT2D eigenvalue weighted by atomic mass is 16.2. The van der Waals surface area contributed by atoms with E-state index in [4.69, 9.17) is 0 Å². The molecular formula is C14H8N4O6. The maximum atomic E-state index is 12.3. The highest BCUT2D eigenvalue weighted by molar-refractivity contribution is 6.28. The molecule has 10 heteroatoms. The number of carbonyl (C=O) groups excluding carboxylic acids is 4. The maximum Gasteiger partial charge on any atom is 0.326 e. The second-order valence-electron chi connectivity index (χ2n) is 5.46. The molecule has 0 saturated carbocycles. The largest absolute Gasteiger partial charge is 0.326 e. The van der Waals surface area contributed by atoms with Crippen LogP contribution in [0.4, 0.5) is 5.69 Å². The Balaban J connectivity index is 2.29. The lowest BCUT2D eigenvalue weighted by molar-refractivity contribution is -0.119. The third-order valence-corrected chi connectivity index (χ3v) is 3.98. The number of nitrogens with one attached hydrogen (secondary N) is 4. The first-order valence-electron chi connectivity index (χ1n) is 6.89. The van der Waals surface area contributed by atoms with E-state index in [-0.39, 0.29) is 39.7 Å². The second-order valence-corrected chi connectivity index (χ2v) is 5.46. The van der Waals surface area contributed by atoms with Crippen molar-refractivity contribution in [3.8, 4) is 0 Å². The van der Waals surface area contributed by atoms with Gasteiger partial charge in [0.15, 0.2) is 5.78 Å². The summed E-state index contributed by atoms with van der Waals surface area (Å²) in [7, 11) is 0. The molecule has 3 amide bonds. The Morgan fingerprint density at radius 2 is 1.46 bits per heavy atom. The van der Waals surface area contributed by atoms with Gasteiger partial charge in [0.25, 0.3) is 11.5 Å². The van der Waals surface area contributed by atoms with Gasteiger partial charge in [0.05, 0.1) is 35.0 Å². The minimum Gasteiger partial charge on any atom is -0.324 e. The monoisotopic (exact) mass is 328 g/mol. The molecule has 2 aromatic rings. The minimum atomic E-state index is -0.854. The Bertz CT molecular complexity index is 1120. The van der Waals surface area contributed by atoms with Gasteiger partial charge in [0.1, 0.15) is 0 Å². The first-order valence-corrected chi connectivity index (χ1v) is 6.89. The molecule has 3 heterocycles. The first-order chi connectivity index (χ1) is 11.4. The van der Waals surface area contributed by atoms with Crippen molar-refractivity contribution in [1.82, 2.24) is 15.3 Å². The predicted octanol–water partition coefficient (Wildman–Crippen LogP) is -1.45. The first kappa shape index (κ1) is 14.1. The van der Waals surface area contributed by atoms with E-state index >= 15 is 0 Å². The third-order valence-electron chi connectivity index (χ3n) is 3.98. The summed E-state index contributed by atoms with van der Waals surface area (Å²) >= 11 is 0. The number of amides is 3. The molecule has 1 aromatic heterocycles. The average Bonchev–Trinajstić information content (AvgIpc) is 2.44. The van der Waals surface area contributed by atoms with E-state index in [0.717, 1.165) is 0 Å². The molecule has 0 bridgehead atoms. The molecule has 4 rings (SSSR count). The minimum absolute atomic E-state index is 0.0437. The number of aromatic nitrogens is 2. The molecule has 4 N–H and O–H groups in total. The highest BCUT2D eigenvalue weighted by Crippen LogP contribution is 2.36. The number of hydrogen-bond donors (Lipinski definition) is 4. The zero-order valence-electron chi connectivity index (χ0n) is 11.9. The zero-order chi connectivity index (χ0) is 17.2. The van der Waals surface area contributed by atoms with Crippen LogP contribution in [0.5, 0.6) is 0 Å². The maximum absolute atomic E-state index is 12.3. The number of anilines is 1. The summed E-state index contributed by atoms with van der Waals surface area (Å²) in [5, 5.41) is 4.33. The van der Waals surface area contributed by atoms with Crippen LogP contribution in [0, 0.1) is 0 Å². The van der Waals surface area contributed by atoms with E-state index in [9.17, 15) is 28.8 Å². The van der Waals surface area contributed by atoms with Crippen LogP contribution in [-0.2, 0) is 16.0 Å². The van der Waals surface area contributed by atoms with Crippen LogP contribution in [-0.4, -0.2) is 33.5 Å². The number of imide groups is 1. The van der Waals surface area contributed by atoms with Gasteiger partial charge in [-0.3, -0.25) is 34.3 Å². The van der Waals surface area contributed by atoms with Crippen LogP contribution < -0.4 is 21.9 Å². The van der Waals surface area contributed by atoms with Crippen molar-refractivity contribution < 1.29 is 19.2 Å². The van der Waals surface area contributed by atoms with Crippen molar-refractivity contribution in [2.24, 2.45) is 0 Å². The Morgan fingerprint density at radius 1 is 0.750 bits per heavy atom. The van der Waals surface area contributed by atoms with Crippen molar-refractivity contribution in [3.63, 3.8) is 0 Å². The van der Waals surface area contributed by atoms with Crippen molar-refractivity contribution in [2.75, 3.05) is 5.32 Å². The zero-order valence-corrected chi connectivity index (χ0v) is 11.9. The molecule has 2 aliphatic rings. The van der Waals surface area contributed by atoms with Gasteiger partial charge in [-0.1, -0.05) is 0 Å². The Labute approximate surface area is 131 Å². The lowest BCUT2D eigenvalue weighted by atomic mass is 9.86. The van der Waals surface area contributed by atoms with Gasteiger partial charge in [0.2, 0.25) is 11.8 Å². The smallest absolute Gasteiger partial charge is 0.324 e. The molecule has 1 aromatic carbocycles. The molecule has 0 atom stereocenters. The van der Waals surface area contributed by atoms with Crippen LogP contribution in [0.1, 0.15) is 32.7 Å². The van der Waals surface area contributed by atoms with Gasteiger partial charge in [-0.05, 0) is 5.56 Å². The predicted molar refractivity (Wildman–Crippen MR) is 78.9 cm³/mol. The van der Waals surface area contributed by atoms with Crippen molar-refractivity contribution in [3.05, 3.63) is 37.5 Å². The molecule has 0 saturated heterocycles. The Hall–Kier alpha value is -3.56. The van der Waals surface area contributed by atoms with E-state index in [1.807, 2.05) is 4.98 Å². The van der Waals surface area contributed by atoms with E-state index < -0.39 is 41.2 Å². The van der Waals surface area contributed by atoms with E-state index in [2.05, 4.69) is 15.6 Å². The number of hydrogen-bond acceptors (Lipinski definition) is 6. The number of Topliss-reactive ketones (excluding diaryl/α,β-unsaturated/α-hetero) is 1. The number of rotatable bonds is 0. The molecule has 120 valence electrons. The number of carbonyl (C=O) groups is 4. The fourth-order valence-corrected chi connectivity index (χ4v) is 3.14. The molecule has 10 nitrogen and oxygen atoms in total. The number of aromatic amines is 2. The number of fused-ring (bicyclic) bond motifs is 6. The van der Waals surface area contributed by atoms with Gasteiger partial charge >= 0.3 is 5.69 Å². The summed E-state index contributed by atoms with van der Waals surface area (Å²) in [6, 6.07) is 0. The van der Waals surface area contributed by atoms with E-state index in [1.54, 1.807) is 0 Å².